The van der Waals surface area contributed by atoms with Crippen molar-refractivity contribution in [2.45, 2.75) is 0 Å². The lowest BCUT2D eigenvalue weighted by atomic mass is 10.1. The lowest BCUT2D eigenvalue weighted by Gasteiger charge is -2.11. The Kier molecular flexibility index (Phi) is 3.43. The lowest BCUT2D eigenvalue weighted by molar-refractivity contribution is 0.102. The number of carbonyl (C=O) groups excluding carboxylic acids is 1. The summed E-state index contributed by atoms with van der Waals surface area (Å²) in [6, 6.07) is 8.56. The van der Waals surface area contributed by atoms with Gasteiger partial charge >= 0.3 is 0 Å². The third-order valence-electron chi connectivity index (χ3n) is 2.42. The maximum absolute atomic E-state index is 12.1. The second kappa shape index (κ2) is 5.18. The summed E-state index contributed by atoms with van der Waals surface area (Å²) < 4.78 is 5.13. The second-order valence-corrected chi connectivity index (χ2v) is 3.62. The fourth-order valence-electron chi connectivity index (χ4n) is 1.59. The largest absolute Gasteiger partial charge is 0.496 e. The van der Waals surface area contributed by atoms with E-state index in [4.69, 9.17) is 10.5 Å². The number of carbonyl (C=O) groups is 1. The molecule has 1 aromatic heterocycles. The van der Waals surface area contributed by atoms with Gasteiger partial charge in [0.2, 0.25) is 0 Å². The first-order chi connectivity index (χ1) is 8.72. The number of ether oxygens (including phenoxy) is 1. The number of benzene rings is 1. The van der Waals surface area contributed by atoms with Gasteiger partial charge < -0.3 is 15.8 Å². The van der Waals surface area contributed by atoms with Crippen molar-refractivity contribution in [1.29, 1.82) is 0 Å². The van der Waals surface area contributed by atoms with Crippen LogP contribution in [-0.4, -0.2) is 18.0 Å². The van der Waals surface area contributed by atoms with E-state index in [9.17, 15) is 4.79 Å². The number of nitrogen functional groups attached to an aromatic ring is 1. The number of amides is 1. The van der Waals surface area contributed by atoms with Gasteiger partial charge in [-0.1, -0.05) is 6.07 Å². The van der Waals surface area contributed by atoms with Crippen molar-refractivity contribution in [3.8, 4) is 5.75 Å². The number of nitrogens with one attached hydrogen (secondary N) is 1. The molecule has 0 spiro atoms. The summed E-state index contributed by atoms with van der Waals surface area (Å²) in [5.74, 6) is 0.120. The molecule has 0 bridgehead atoms. The van der Waals surface area contributed by atoms with Crippen LogP contribution in [0.5, 0.6) is 5.75 Å². The van der Waals surface area contributed by atoms with Crippen LogP contribution in [-0.2, 0) is 0 Å². The van der Waals surface area contributed by atoms with Gasteiger partial charge in [-0.15, -0.1) is 0 Å². The van der Waals surface area contributed by atoms with Gasteiger partial charge in [-0.3, -0.25) is 9.78 Å². The minimum absolute atomic E-state index is 0.321. The zero-order chi connectivity index (χ0) is 13.0. The molecule has 0 saturated carbocycles. The van der Waals surface area contributed by atoms with Crippen LogP contribution in [0.15, 0.2) is 42.7 Å². The predicted molar refractivity (Wildman–Crippen MR) is 69.6 cm³/mol. The molecule has 1 aromatic carbocycles. The molecular weight excluding hydrogens is 230 g/mol. The van der Waals surface area contributed by atoms with E-state index in [1.807, 2.05) is 0 Å². The Hall–Kier alpha value is -2.56. The standard InChI is InChI=1S/C13H13N3O2/c1-18-11-6-2-5-10(14)12(11)13(17)16-9-4-3-7-15-8-9/h2-8H,14H2,1H3,(H,16,17). The average molecular weight is 243 g/mol. The molecule has 2 rings (SSSR count). The van der Waals surface area contributed by atoms with Gasteiger partial charge in [0, 0.05) is 11.9 Å². The van der Waals surface area contributed by atoms with Gasteiger partial charge in [0.25, 0.3) is 5.91 Å². The summed E-state index contributed by atoms with van der Waals surface area (Å²) in [7, 11) is 1.50. The van der Waals surface area contributed by atoms with Crippen LogP contribution in [0.3, 0.4) is 0 Å². The Labute approximate surface area is 105 Å². The van der Waals surface area contributed by atoms with Crippen molar-refractivity contribution in [2.24, 2.45) is 0 Å². The van der Waals surface area contributed by atoms with Gasteiger partial charge in [-0.05, 0) is 24.3 Å². The van der Waals surface area contributed by atoms with Gasteiger partial charge in [-0.25, -0.2) is 0 Å². The van der Waals surface area contributed by atoms with E-state index >= 15 is 0 Å². The summed E-state index contributed by atoms with van der Waals surface area (Å²) >= 11 is 0. The van der Waals surface area contributed by atoms with E-state index in [0.717, 1.165) is 0 Å². The highest BCUT2D eigenvalue weighted by Crippen LogP contribution is 2.24. The normalized spacial score (nSPS) is 9.83. The second-order valence-electron chi connectivity index (χ2n) is 3.62. The smallest absolute Gasteiger partial charge is 0.261 e. The molecule has 0 aliphatic rings. The van der Waals surface area contributed by atoms with Crippen LogP contribution in [0.4, 0.5) is 11.4 Å². The Morgan fingerprint density at radius 2 is 2.17 bits per heavy atom. The molecule has 2 aromatic rings. The quantitative estimate of drug-likeness (QED) is 0.807. The first-order valence-corrected chi connectivity index (χ1v) is 5.36. The summed E-state index contributed by atoms with van der Waals surface area (Å²) in [6.45, 7) is 0. The summed E-state index contributed by atoms with van der Waals surface area (Å²) in [5.41, 5.74) is 7.09. The molecule has 0 aliphatic carbocycles. The number of hydrogen-bond donors (Lipinski definition) is 2. The third-order valence-corrected chi connectivity index (χ3v) is 2.42. The molecule has 0 radical (unpaired) electrons. The fraction of sp³-hybridized carbons (Fsp3) is 0.0769. The number of nitrogens with zero attached hydrogens (tertiary/aromatic N) is 1. The van der Waals surface area contributed by atoms with E-state index in [-0.39, 0.29) is 5.91 Å². The van der Waals surface area contributed by atoms with Crippen LogP contribution < -0.4 is 15.8 Å². The predicted octanol–water partition coefficient (Wildman–Crippen LogP) is 1.92. The lowest BCUT2D eigenvalue weighted by Crippen LogP contribution is -2.15. The fourth-order valence-corrected chi connectivity index (χ4v) is 1.59. The first-order valence-electron chi connectivity index (χ1n) is 5.36. The highest BCUT2D eigenvalue weighted by atomic mass is 16.5. The molecule has 5 heteroatoms. The van der Waals surface area contributed by atoms with Crippen LogP contribution in [0, 0.1) is 0 Å². The Balaban J connectivity index is 2.29. The van der Waals surface area contributed by atoms with Crippen LogP contribution in [0.2, 0.25) is 0 Å². The molecule has 0 fully saturated rings. The average Bonchev–Trinajstić information content (AvgIpc) is 2.39. The highest BCUT2D eigenvalue weighted by Gasteiger charge is 2.15. The van der Waals surface area contributed by atoms with Crippen LogP contribution in [0.1, 0.15) is 10.4 Å². The molecule has 5 nitrogen and oxygen atoms in total. The van der Waals surface area contributed by atoms with Crippen LogP contribution in [0.25, 0.3) is 0 Å². The van der Waals surface area contributed by atoms with E-state index in [1.165, 1.54) is 7.11 Å². The number of methoxy groups -OCH3 is 1. The van der Waals surface area contributed by atoms with Crippen molar-refractivity contribution in [2.75, 3.05) is 18.2 Å². The molecule has 1 amide bonds. The van der Waals surface area contributed by atoms with Crippen molar-refractivity contribution >= 4 is 17.3 Å². The van der Waals surface area contributed by atoms with Crippen LogP contribution >= 0.6 is 0 Å². The molecule has 18 heavy (non-hydrogen) atoms. The highest BCUT2D eigenvalue weighted by molar-refractivity contribution is 6.09. The maximum Gasteiger partial charge on any atom is 0.261 e. The SMILES string of the molecule is COc1cccc(N)c1C(=O)Nc1cccnc1. The number of rotatable bonds is 3. The van der Waals surface area contributed by atoms with Crippen molar-refractivity contribution in [1.82, 2.24) is 4.98 Å². The summed E-state index contributed by atoms with van der Waals surface area (Å²) in [6.07, 6.45) is 3.19. The van der Waals surface area contributed by atoms with E-state index in [0.29, 0.717) is 22.7 Å². The molecule has 92 valence electrons. The number of hydrogen-bond acceptors (Lipinski definition) is 4. The monoisotopic (exact) mass is 243 g/mol. The molecule has 0 atom stereocenters. The number of pyridine rings is 1. The zero-order valence-electron chi connectivity index (χ0n) is 9.88. The van der Waals surface area contributed by atoms with Gasteiger partial charge in [-0.2, -0.15) is 0 Å². The third kappa shape index (κ3) is 2.40. The van der Waals surface area contributed by atoms with Gasteiger partial charge in [0.1, 0.15) is 11.3 Å². The van der Waals surface area contributed by atoms with Crippen molar-refractivity contribution < 1.29 is 9.53 Å². The molecular formula is C13H13N3O2. The van der Waals surface area contributed by atoms with Crippen molar-refractivity contribution in [3.63, 3.8) is 0 Å². The summed E-state index contributed by atoms with van der Waals surface area (Å²) in [4.78, 5) is 16.0. The first kappa shape index (κ1) is 11.9. The minimum Gasteiger partial charge on any atom is -0.496 e. The number of nitrogens with two attached hydrogens (primary N) is 1. The van der Waals surface area contributed by atoms with Gasteiger partial charge in [0.15, 0.2) is 0 Å². The zero-order valence-corrected chi connectivity index (χ0v) is 9.88. The maximum atomic E-state index is 12.1. The Morgan fingerprint density at radius 3 is 2.83 bits per heavy atom. The van der Waals surface area contributed by atoms with E-state index < -0.39 is 0 Å². The van der Waals surface area contributed by atoms with E-state index in [2.05, 4.69) is 10.3 Å². The number of aromatic nitrogens is 1. The molecule has 3 N–H and O–H groups in total. The molecule has 0 unspecified atom stereocenters. The topological polar surface area (TPSA) is 77.2 Å². The summed E-state index contributed by atoms with van der Waals surface area (Å²) in [5, 5.41) is 2.71. The number of anilines is 2. The Bertz CT molecular complexity index is 555. The van der Waals surface area contributed by atoms with Crippen molar-refractivity contribution in [3.05, 3.63) is 48.3 Å². The molecule has 0 saturated heterocycles. The van der Waals surface area contributed by atoms with Gasteiger partial charge in [0.05, 0.1) is 19.0 Å². The minimum atomic E-state index is -0.321. The Morgan fingerprint density at radius 1 is 1.33 bits per heavy atom. The molecule has 1 heterocycles. The van der Waals surface area contributed by atoms with E-state index in [1.54, 1.807) is 42.7 Å². The molecule has 0 aliphatic heterocycles.